The van der Waals surface area contributed by atoms with Crippen LogP contribution in [0.25, 0.3) is 10.9 Å². The van der Waals surface area contributed by atoms with Crippen LogP contribution in [0.2, 0.25) is 0 Å². The Bertz CT molecular complexity index is 1240. The summed E-state index contributed by atoms with van der Waals surface area (Å²) in [7, 11) is 0. The zero-order valence-corrected chi connectivity index (χ0v) is 21.4. The van der Waals surface area contributed by atoms with E-state index in [1.54, 1.807) is 13.8 Å². The zero-order chi connectivity index (χ0) is 25.0. The number of rotatable bonds is 2. The molecule has 7 unspecified atom stereocenters. The third kappa shape index (κ3) is 2.90. The van der Waals surface area contributed by atoms with Crippen molar-refractivity contribution in [2.45, 2.75) is 102 Å². The van der Waals surface area contributed by atoms with Crippen LogP contribution in [-0.2, 0) is 26.1 Å². The van der Waals surface area contributed by atoms with Crippen molar-refractivity contribution < 1.29 is 24.5 Å². The molecular formula is C29H37NO5. The molecule has 6 rings (SSSR count). The molecule has 0 bridgehead atoms. The number of carbonyl (C=O) groups excluding carboxylic acids is 1. The quantitative estimate of drug-likeness (QED) is 0.441. The fraction of sp³-hybridized carbons (Fsp3) is 0.621. The Morgan fingerprint density at radius 1 is 1.20 bits per heavy atom. The first-order valence-corrected chi connectivity index (χ1v) is 13.0. The predicted octanol–water partition coefficient (Wildman–Crippen LogP) is 4.32. The Balaban J connectivity index is 1.49. The van der Waals surface area contributed by atoms with Gasteiger partial charge in [-0.2, -0.15) is 0 Å². The molecule has 0 amide bonds. The topological polar surface area (TPSA) is 91.8 Å². The number of hydrogen-bond acceptors (Lipinski definition) is 5. The molecule has 1 aromatic carbocycles. The molecule has 6 heteroatoms. The number of H-pyrrole nitrogens is 1. The predicted molar refractivity (Wildman–Crippen MR) is 133 cm³/mol. The molecule has 4 aliphatic rings. The molecule has 2 heterocycles. The van der Waals surface area contributed by atoms with Gasteiger partial charge in [-0.25, -0.2) is 0 Å². The molecule has 2 saturated carbocycles. The highest BCUT2D eigenvalue weighted by Crippen LogP contribution is 2.69. The Morgan fingerprint density at radius 3 is 2.66 bits per heavy atom. The summed E-state index contributed by atoms with van der Waals surface area (Å²) in [6.45, 7) is 9.32. The maximum absolute atomic E-state index is 12.6. The molecule has 2 aromatic rings. The summed E-state index contributed by atoms with van der Waals surface area (Å²) in [5.74, 6) is 0.0246. The Kier molecular flexibility index (Phi) is 4.79. The van der Waals surface area contributed by atoms with E-state index < -0.39 is 34.8 Å². The Hall–Kier alpha value is -2.15. The molecule has 2 fully saturated rings. The van der Waals surface area contributed by atoms with E-state index in [0.29, 0.717) is 12.3 Å². The molecule has 188 valence electrons. The van der Waals surface area contributed by atoms with Crippen LogP contribution in [-0.4, -0.2) is 50.7 Å². The Labute approximate surface area is 206 Å². The average molecular weight is 480 g/mol. The largest absolute Gasteiger partial charge is 0.455 e. The van der Waals surface area contributed by atoms with Crippen molar-refractivity contribution in [2.24, 2.45) is 11.3 Å². The van der Waals surface area contributed by atoms with Gasteiger partial charge in [-0.05, 0) is 75.1 Å². The van der Waals surface area contributed by atoms with Crippen LogP contribution in [0.3, 0.4) is 0 Å². The van der Waals surface area contributed by atoms with Crippen LogP contribution in [0, 0.1) is 11.3 Å². The van der Waals surface area contributed by atoms with Crippen LogP contribution >= 0.6 is 0 Å². The summed E-state index contributed by atoms with van der Waals surface area (Å²) in [6, 6.07) is 8.51. The van der Waals surface area contributed by atoms with E-state index in [4.69, 9.17) is 9.47 Å². The fourth-order valence-electron chi connectivity index (χ4n) is 8.25. The number of aromatic amines is 1. The minimum Gasteiger partial charge on any atom is -0.455 e. The number of carbonyl (C=O) groups is 1. The molecule has 1 aliphatic heterocycles. The van der Waals surface area contributed by atoms with Gasteiger partial charge in [0.05, 0.1) is 17.3 Å². The molecule has 6 nitrogen and oxygen atoms in total. The van der Waals surface area contributed by atoms with Crippen LogP contribution in [0.1, 0.15) is 71.6 Å². The SMILES string of the molecule is CC(=O)OC1C=C2C(CCC3(C)C2(O)CCC2Cc4c([nH]c5ccccc45)C23C)OC1C(C)(C)O. The molecular weight excluding hydrogens is 442 g/mol. The number of para-hydroxylation sites is 1. The van der Waals surface area contributed by atoms with Gasteiger partial charge in [0.2, 0.25) is 0 Å². The highest BCUT2D eigenvalue weighted by molar-refractivity contribution is 5.86. The van der Waals surface area contributed by atoms with E-state index in [9.17, 15) is 15.0 Å². The fourth-order valence-corrected chi connectivity index (χ4v) is 8.25. The number of benzene rings is 1. The third-order valence-electron chi connectivity index (χ3n) is 10.2. The third-order valence-corrected chi connectivity index (χ3v) is 10.2. The highest BCUT2D eigenvalue weighted by Gasteiger charge is 2.70. The van der Waals surface area contributed by atoms with Crippen molar-refractivity contribution in [1.29, 1.82) is 0 Å². The van der Waals surface area contributed by atoms with Gasteiger partial charge in [-0.1, -0.05) is 32.0 Å². The lowest BCUT2D eigenvalue weighted by molar-refractivity contribution is -0.214. The summed E-state index contributed by atoms with van der Waals surface area (Å²) in [5.41, 5.74) is 1.70. The van der Waals surface area contributed by atoms with Crippen molar-refractivity contribution in [3.05, 3.63) is 47.2 Å². The monoisotopic (exact) mass is 479 g/mol. The standard InChI is InChI=1S/C29H37NO5/c1-16(31)34-23-15-20-22(35-25(23)26(2,3)32)11-12-27(4)28(5)17(10-13-29(20,27)33)14-19-18-8-6-7-9-21(18)30-24(19)28/h6-9,15,17,22-23,25,30,32-33H,10-14H2,1-5H3. The number of esters is 1. The molecule has 1 aromatic heterocycles. The van der Waals surface area contributed by atoms with Crippen molar-refractivity contribution >= 4 is 16.9 Å². The summed E-state index contributed by atoms with van der Waals surface area (Å²) in [5, 5.41) is 24.7. The molecule has 7 atom stereocenters. The van der Waals surface area contributed by atoms with Crippen molar-refractivity contribution in [1.82, 2.24) is 4.98 Å². The molecule has 0 radical (unpaired) electrons. The normalized spacial score (nSPS) is 40.4. The first kappa shape index (κ1) is 23.3. The second kappa shape index (κ2) is 7.21. The zero-order valence-electron chi connectivity index (χ0n) is 21.4. The molecule has 35 heavy (non-hydrogen) atoms. The number of nitrogens with one attached hydrogen (secondary N) is 1. The lowest BCUT2D eigenvalue weighted by Crippen LogP contribution is -2.68. The van der Waals surface area contributed by atoms with Crippen LogP contribution in [0.15, 0.2) is 35.9 Å². The van der Waals surface area contributed by atoms with Gasteiger partial charge in [0, 0.05) is 34.4 Å². The smallest absolute Gasteiger partial charge is 0.303 e. The number of fused-ring (bicyclic) bond motifs is 9. The summed E-state index contributed by atoms with van der Waals surface area (Å²) >= 11 is 0. The van der Waals surface area contributed by atoms with Crippen LogP contribution in [0.5, 0.6) is 0 Å². The summed E-state index contributed by atoms with van der Waals surface area (Å²) in [4.78, 5) is 15.7. The van der Waals surface area contributed by atoms with E-state index >= 15 is 0 Å². The van der Waals surface area contributed by atoms with Crippen molar-refractivity contribution in [2.75, 3.05) is 0 Å². The lowest BCUT2D eigenvalue weighted by Gasteiger charge is -2.65. The summed E-state index contributed by atoms with van der Waals surface area (Å²) < 4.78 is 12.1. The number of aromatic nitrogens is 1. The Morgan fingerprint density at radius 2 is 1.94 bits per heavy atom. The number of hydrogen-bond donors (Lipinski definition) is 3. The van der Waals surface area contributed by atoms with E-state index in [1.807, 2.05) is 6.08 Å². The first-order chi connectivity index (χ1) is 16.4. The van der Waals surface area contributed by atoms with Crippen molar-refractivity contribution in [3.8, 4) is 0 Å². The molecule has 0 saturated heterocycles. The van der Waals surface area contributed by atoms with Gasteiger partial charge in [-0.15, -0.1) is 0 Å². The second-order valence-corrected chi connectivity index (χ2v) is 12.3. The van der Waals surface area contributed by atoms with Crippen molar-refractivity contribution in [3.63, 3.8) is 0 Å². The number of aliphatic hydroxyl groups is 2. The molecule has 0 spiro atoms. The van der Waals surface area contributed by atoms with Gasteiger partial charge >= 0.3 is 5.97 Å². The molecule has 3 N–H and O–H groups in total. The lowest BCUT2D eigenvalue weighted by atomic mass is 9.42. The van der Waals surface area contributed by atoms with Gasteiger partial charge in [-0.3, -0.25) is 4.79 Å². The van der Waals surface area contributed by atoms with Gasteiger partial charge < -0.3 is 24.7 Å². The maximum atomic E-state index is 12.6. The maximum Gasteiger partial charge on any atom is 0.303 e. The average Bonchev–Trinajstić information content (AvgIpc) is 3.29. The van der Waals surface area contributed by atoms with E-state index in [0.717, 1.165) is 36.8 Å². The second-order valence-electron chi connectivity index (χ2n) is 12.3. The van der Waals surface area contributed by atoms with Gasteiger partial charge in [0.25, 0.3) is 0 Å². The number of ether oxygens (including phenoxy) is 2. The van der Waals surface area contributed by atoms with Gasteiger partial charge in [0.15, 0.2) is 0 Å². The minimum atomic E-state index is -1.19. The van der Waals surface area contributed by atoms with Crippen LogP contribution < -0.4 is 0 Å². The van der Waals surface area contributed by atoms with E-state index in [-0.39, 0.29) is 11.5 Å². The minimum absolute atomic E-state index is 0.232. The summed E-state index contributed by atoms with van der Waals surface area (Å²) in [6.07, 6.45) is 4.31. The van der Waals surface area contributed by atoms with E-state index in [1.165, 1.54) is 23.6 Å². The highest BCUT2D eigenvalue weighted by atomic mass is 16.6. The van der Waals surface area contributed by atoms with E-state index in [2.05, 4.69) is 43.1 Å². The molecule has 3 aliphatic carbocycles. The first-order valence-electron chi connectivity index (χ1n) is 13.0. The van der Waals surface area contributed by atoms with Gasteiger partial charge in [0.1, 0.15) is 12.2 Å². The van der Waals surface area contributed by atoms with Crippen LogP contribution in [0.4, 0.5) is 0 Å².